The molecule has 2 N–H and O–H groups in total. The lowest BCUT2D eigenvalue weighted by atomic mass is 10.0. The third-order valence-electron chi connectivity index (χ3n) is 3.05. The highest BCUT2D eigenvalue weighted by molar-refractivity contribution is 5.70. The van der Waals surface area contributed by atoms with Crippen molar-refractivity contribution in [2.45, 2.75) is 19.4 Å². The van der Waals surface area contributed by atoms with Crippen LogP contribution in [0.15, 0.2) is 48.5 Å². The van der Waals surface area contributed by atoms with Crippen molar-refractivity contribution in [2.75, 3.05) is 6.61 Å². The molecule has 1 unspecified atom stereocenters. The van der Waals surface area contributed by atoms with Gasteiger partial charge in [0, 0.05) is 6.04 Å². The van der Waals surface area contributed by atoms with Gasteiger partial charge in [-0.25, -0.2) is 4.39 Å². The molecule has 2 aromatic rings. The predicted molar refractivity (Wildman–Crippen MR) is 81.1 cm³/mol. The Kier molecular flexibility index (Phi) is 5.49. The maximum Gasteiger partial charge on any atom is 0.307 e. The Bertz CT molecular complexity index is 631. The topological polar surface area (TPSA) is 61.5 Å². The predicted octanol–water partition coefficient (Wildman–Crippen LogP) is 3.57. The first kappa shape index (κ1) is 16.0. The second-order valence-electron chi connectivity index (χ2n) is 4.72. The zero-order valence-electron chi connectivity index (χ0n) is 12.3. The largest absolute Gasteiger partial charge is 0.466 e. The fourth-order valence-electron chi connectivity index (χ4n) is 1.96. The number of halogens is 1. The number of esters is 1. The highest BCUT2D eigenvalue weighted by Gasteiger charge is 2.15. The summed E-state index contributed by atoms with van der Waals surface area (Å²) in [5.74, 6) is -0.277. The van der Waals surface area contributed by atoms with Crippen molar-refractivity contribution < 1.29 is 18.7 Å². The van der Waals surface area contributed by atoms with Crippen LogP contribution in [0.25, 0.3) is 0 Å². The van der Waals surface area contributed by atoms with Gasteiger partial charge in [-0.2, -0.15) is 0 Å². The third kappa shape index (κ3) is 4.30. The Hall–Kier alpha value is -2.40. The highest BCUT2D eigenvalue weighted by Crippen LogP contribution is 2.28. The second-order valence-corrected chi connectivity index (χ2v) is 4.72. The molecule has 2 aromatic carbocycles. The molecule has 0 saturated heterocycles. The van der Waals surface area contributed by atoms with Crippen molar-refractivity contribution >= 4 is 5.97 Å². The van der Waals surface area contributed by atoms with Gasteiger partial charge in [-0.15, -0.1) is 0 Å². The highest BCUT2D eigenvalue weighted by atomic mass is 19.1. The molecule has 0 aromatic heterocycles. The minimum absolute atomic E-state index is 0.0320. The lowest BCUT2D eigenvalue weighted by Crippen LogP contribution is -2.17. The molecule has 0 aliphatic rings. The summed E-state index contributed by atoms with van der Waals surface area (Å²) in [5.41, 5.74) is 6.57. The lowest BCUT2D eigenvalue weighted by Gasteiger charge is -2.13. The molecule has 1 atom stereocenters. The van der Waals surface area contributed by atoms with Gasteiger partial charge in [-0.05, 0) is 36.8 Å². The molecular formula is C17H18FNO3. The second kappa shape index (κ2) is 7.56. The number of nitrogens with two attached hydrogens (primary N) is 1. The van der Waals surface area contributed by atoms with E-state index in [0.717, 1.165) is 0 Å². The summed E-state index contributed by atoms with van der Waals surface area (Å²) < 4.78 is 24.2. The number of para-hydroxylation sites is 1. The number of hydrogen-bond acceptors (Lipinski definition) is 4. The molecule has 116 valence electrons. The maximum atomic E-state index is 13.8. The van der Waals surface area contributed by atoms with Gasteiger partial charge in [-0.3, -0.25) is 4.79 Å². The summed E-state index contributed by atoms with van der Waals surface area (Å²) in [4.78, 5) is 11.5. The molecular weight excluding hydrogens is 285 g/mol. The first-order valence-electron chi connectivity index (χ1n) is 7.03. The van der Waals surface area contributed by atoms with E-state index in [0.29, 0.717) is 17.9 Å². The van der Waals surface area contributed by atoms with Gasteiger partial charge < -0.3 is 15.2 Å². The van der Waals surface area contributed by atoms with Crippen LogP contribution in [-0.2, 0) is 9.53 Å². The molecule has 0 aliphatic carbocycles. The van der Waals surface area contributed by atoms with E-state index < -0.39 is 11.9 Å². The summed E-state index contributed by atoms with van der Waals surface area (Å²) in [7, 11) is 0. The summed E-state index contributed by atoms with van der Waals surface area (Å²) >= 11 is 0. The van der Waals surface area contributed by atoms with Crippen LogP contribution in [-0.4, -0.2) is 12.6 Å². The van der Waals surface area contributed by atoms with E-state index in [4.69, 9.17) is 15.2 Å². The fourth-order valence-corrected chi connectivity index (χ4v) is 1.96. The van der Waals surface area contributed by atoms with Gasteiger partial charge in [0.1, 0.15) is 5.75 Å². The molecule has 0 aliphatic heterocycles. The maximum absolute atomic E-state index is 13.8. The molecule has 4 nitrogen and oxygen atoms in total. The Morgan fingerprint density at radius 3 is 2.64 bits per heavy atom. The molecule has 22 heavy (non-hydrogen) atoms. The molecule has 5 heteroatoms. The number of rotatable bonds is 6. The fraction of sp³-hybridized carbons (Fsp3) is 0.235. The summed E-state index contributed by atoms with van der Waals surface area (Å²) in [5, 5.41) is 0. The molecule has 0 fully saturated rings. The van der Waals surface area contributed by atoms with Crippen LogP contribution in [0.5, 0.6) is 11.5 Å². The van der Waals surface area contributed by atoms with E-state index in [1.807, 2.05) is 6.07 Å². The quantitative estimate of drug-likeness (QED) is 0.829. The van der Waals surface area contributed by atoms with E-state index in [9.17, 15) is 9.18 Å². The standard InChI is InChI=1S/C17H18FNO3/c1-2-21-17(20)11-15(19)12-8-9-14(18)16(10-12)22-13-6-4-3-5-7-13/h3-10,15H,2,11,19H2,1H3. The van der Waals surface area contributed by atoms with Crippen LogP contribution in [0.3, 0.4) is 0 Å². The van der Waals surface area contributed by atoms with Crippen LogP contribution in [0.4, 0.5) is 4.39 Å². The van der Waals surface area contributed by atoms with Gasteiger partial charge in [0.25, 0.3) is 0 Å². The Balaban J connectivity index is 2.14. The SMILES string of the molecule is CCOC(=O)CC(N)c1ccc(F)c(Oc2ccccc2)c1. The number of benzene rings is 2. The van der Waals surface area contributed by atoms with Crippen molar-refractivity contribution in [1.29, 1.82) is 0 Å². The smallest absolute Gasteiger partial charge is 0.307 e. The number of ether oxygens (including phenoxy) is 2. The molecule has 0 radical (unpaired) electrons. The molecule has 0 amide bonds. The van der Waals surface area contributed by atoms with Crippen LogP contribution in [0.2, 0.25) is 0 Å². The first-order chi connectivity index (χ1) is 10.6. The summed E-state index contributed by atoms with van der Waals surface area (Å²) in [6, 6.07) is 12.6. The molecule has 0 heterocycles. The number of carbonyl (C=O) groups excluding carboxylic acids is 1. The van der Waals surface area contributed by atoms with E-state index in [1.54, 1.807) is 31.2 Å². The summed E-state index contributed by atoms with van der Waals surface area (Å²) in [6.07, 6.45) is 0.0320. The van der Waals surface area contributed by atoms with Crippen LogP contribution >= 0.6 is 0 Å². The molecule has 0 bridgehead atoms. The lowest BCUT2D eigenvalue weighted by molar-refractivity contribution is -0.143. The van der Waals surface area contributed by atoms with Crippen LogP contribution in [0, 0.1) is 5.82 Å². The number of hydrogen-bond donors (Lipinski definition) is 1. The van der Waals surface area contributed by atoms with Crippen molar-refractivity contribution in [3.05, 3.63) is 59.9 Å². The van der Waals surface area contributed by atoms with E-state index in [-0.39, 0.29) is 18.1 Å². The van der Waals surface area contributed by atoms with Gasteiger partial charge in [-0.1, -0.05) is 24.3 Å². The van der Waals surface area contributed by atoms with Gasteiger partial charge in [0.05, 0.1) is 13.0 Å². The Morgan fingerprint density at radius 1 is 1.23 bits per heavy atom. The molecule has 2 rings (SSSR count). The molecule has 0 saturated carbocycles. The van der Waals surface area contributed by atoms with Crippen molar-refractivity contribution in [3.63, 3.8) is 0 Å². The van der Waals surface area contributed by atoms with Crippen molar-refractivity contribution in [1.82, 2.24) is 0 Å². The third-order valence-corrected chi connectivity index (χ3v) is 3.05. The average Bonchev–Trinajstić information content (AvgIpc) is 2.50. The van der Waals surface area contributed by atoms with Crippen LogP contribution < -0.4 is 10.5 Å². The monoisotopic (exact) mass is 303 g/mol. The zero-order valence-corrected chi connectivity index (χ0v) is 12.3. The first-order valence-corrected chi connectivity index (χ1v) is 7.03. The van der Waals surface area contributed by atoms with Gasteiger partial charge >= 0.3 is 5.97 Å². The van der Waals surface area contributed by atoms with Gasteiger partial charge in [0.15, 0.2) is 11.6 Å². The average molecular weight is 303 g/mol. The van der Waals surface area contributed by atoms with E-state index in [1.165, 1.54) is 18.2 Å². The van der Waals surface area contributed by atoms with Crippen molar-refractivity contribution in [3.8, 4) is 11.5 Å². The molecule has 0 spiro atoms. The van der Waals surface area contributed by atoms with Crippen LogP contribution in [0.1, 0.15) is 24.9 Å². The summed E-state index contributed by atoms with van der Waals surface area (Å²) in [6.45, 7) is 2.03. The van der Waals surface area contributed by atoms with Crippen molar-refractivity contribution in [2.24, 2.45) is 5.73 Å². The Labute approximate surface area is 128 Å². The Morgan fingerprint density at radius 2 is 1.95 bits per heavy atom. The zero-order chi connectivity index (χ0) is 15.9. The number of carbonyl (C=O) groups is 1. The van der Waals surface area contributed by atoms with Gasteiger partial charge in [0.2, 0.25) is 0 Å². The minimum Gasteiger partial charge on any atom is -0.466 e. The van der Waals surface area contributed by atoms with E-state index >= 15 is 0 Å². The van der Waals surface area contributed by atoms with E-state index in [2.05, 4.69) is 0 Å². The minimum atomic E-state index is -0.572. The normalized spacial score (nSPS) is 11.8.